The second-order valence-electron chi connectivity index (χ2n) is 5.33. The van der Waals surface area contributed by atoms with E-state index in [0.717, 1.165) is 13.1 Å². The molecule has 2 rings (SSSR count). The molecule has 0 bridgehead atoms. The Balaban J connectivity index is 1.95. The number of aliphatic hydroxyl groups is 1. The highest BCUT2D eigenvalue weighted by Gasteiger charge is 2.20. The molecule has 0 spiro atoms. The molecule has 0 unspecified atom stereocenters. The van der Waals surface area contributed by atoms with Crippen LogP contribution in [0.15, 0.2) is 18.2 Å². The van der Waals surface area contributed by atoms with Gasteiger partial charge in [-0.1, -0.05) is 0 Å². The molecular weight excluding hydrogens is 275 g/mol. The van der Waals surface area contributed by atoms with Crippen molar-refractivity contribution in [3.8, 4) is 5.75 Å². The summed E-state index contributed by atoms with van der Waals surface area (Å²) in [4.78, 5) is 16.0. The van der Waals surface area contributed by atoms with Crippen LogP contribution in [0.1, 0.15) is 18.6 Å². The zero-order valence-electron chi connectivity index (χ0n) is 12.4. The lowest BCUT2D eigenvalue weighted by Gasteiger charge is -2.32. The molecule has 1 N–H and O–H groups in total. The number of nitrogens with zero attached hydrogens (tertiary/aromatic N) is 2. The molecule has 1 atom stereocenters. The number of likely N-dealkylation sites (N-methyl/N-ethyl adjacent to an activating group) is 1. The number of rotatable bonds is 4. The number of aliphatic hydroxyl groups excluding tert-OH is 1. The van der Waals surface area contributed by atoms with Gasteiger partial charge in [-0.3, -0.25) is 4.79 Å². The minimum atomic E-state index is -0.852. The van der Waals surface area contributed by atoms with Gasteiger partial charge >= 0.3 is 0 Å². The molecule has 6 heteroatoms. The fraction of sp³-hybridized carbons (Fsp3) is 0.533. The van der Waals surface area contributed by atoms with Crippen LogP contribution in [0, 0.1) is 5.82 Å². The van der Waals surface area contributed by atoms with Crippen molar-refractivity contribution in [1.82, 2.24) is 9.80 Å². The number of carbonyl (C=O) groups excluding carboxylic acids is 1. The van der Waals surface area contributed by atoms with Crippen molar-refractivity contribution in [2.24, 2.45) is 0 Å². The van der Waals surface area contributed by atoms with Crippen molar-refractivity contribution in [3.63, 3.8) is 0 Å². The van der Waals surface area contributed by atoms with Crippen molar-refractivity contribution in [2.75, 3.05) is 39.8 Å². The Morgan fingerprint density at radius 1 is 1.38 bits per heavy atom. The lowest BCUT2D eigenvalue weighted by Crippen LogP contribution is -2.48. The van der Waals surface area contributed by atoms with E-state index in [2.05, 4.69) is 4.90 Å². The standard InChI is InChI=1S/C15H21FN2O3/c1-11(19)13-9-12(16)3-4-14(13)21-10-15(20)18-7-5-17(2)6-8-18/h3-4,9,11,19H,5-8,10H2,1-2H3/t11-/m1/s1. The maximum atomic E-state index is 13.2. The molecule has 116 valence electrons. The van der Waals surface area contributed by atoms with E-state index < -0.39 is 11.9 Å². The maximum absolute atomic E-state index is 13.2. The van der Waals surface area contributed by atoms with Crippen molar-refractivity contribution >= 4 is 5.91 Å². The second kappa shape index (κ2) is 6.87. The molecule has 0 aromatic heterocycles. The van der Waals surface area contributed by atoms with Crippen LogP contribution in [0.4, 0.5) is 4.39 Å². The van der Waals surface area contributed by atoms with Crippen LogP contribution >= 0.6 is 0 Å². The van der Waals surface area contributed by atoms with Crippen LogP contribution in [0.25, 0.3) is 0 Å². The highest BCUT2D eigenvalue weighted by atomic mass is 19.1. The van der Waals surface area contributed by atoms with Gasteiger partial charge in [0.15, 0.2) is 6.61 Å². The Morgan fingerprint density at radius 2 is 2.05 bits per heavy atom. The zero-order chi connectivity index (χ0) is 15.4. The molecule has 1 amide bonds. The smallest absolute Gasteiger partial charge is 0.260 e. The Kier molecular flexibility index (Phi) is 5.14. The highest BCUT2D eigenvalue weighted by Crippen LogP contribution is 2.26. The summed E-state index contributed by atoms with van der Waals surface area (Å²) in [6.07, 6.45) is -0.852. The molecule has 5 nitrogen and oxygen atoms in total. The fourth-order valence-electron chi connectivity index (χ4n) is 2.26. The average molecular weight is 296 g/mol. The van der Waals surface area contributed by atoms with Gasteiger partial charge in [0.05, 0.1) is 6.10 Å². The molecule has 0 saturated carbocycles. The Labute approximate surface area is 123 Å². The summed E-state index contributed by atoms with van der Waals surface area (Å²) in [7, 11) is 2.02. The number of ether oxygens (including phenoxy) is 1. The monoisotopic (exact) mass is 296 g/mol. The van der Waals surface area contributed by atoms with Crippen LogP contribution in [0.2, 0.25) is 0 Å². The first kappa shape index (κ1) is 15.7. The summed E-state index contributed by atoms with van der Waals surface area (Å²) in [6, 6.07) is 3.91. The number of benzene rings is 1. The molecule has 1 saturated heterocycles. The Hall–Kier alpha value is -1.66. The number of piperazine rings is 1. The average Bonchev–Trinajstić information content (AvgIpc) is 2.46. The van der Waals surface area contributed by atoms with Gasteiger partial charge in [-0.2, -0.15) is 0 Å². The molecule has 0 radical (unpaired) electrons. The molecule has 21 heavy (non-hydrogen) atoms. The SMILES string of the molecule is C[C@@H](O)c1cc(F)ccc1OCC(=O)N1CCN(C)CC1. The van der Waals surface area contributed by atoms with Crippen LogP contribution in [-0.2, 0) is 4.79 Å². The summed E-state index contributed by atoms with van der Waals surface area (Å²) < 4.78 is 18.7. The molecule has 1 fully saturated rings. The summed E-state index contributed by atoms with van der Waals surface area (Å²) in [5.74, 6) is -0.193. The summed E-state index contributed by atoms with van der Waals surface area (Å²) >= 11 is 0. The second-order valence-corrected chi connectivity index (χ2v) is 5.33. The van der Waals surface area contributed by atoms with Gasteiger partial charge in [0.1, 0.15) is 11.6 Å². The highest BCUT2D eigenvalue weighted by molar-refractivity contribution is 5.78. The van der Waals surface area contributed by atoms with Gasteiger partial charge in [0, 0.05) is 31.7 Å². The maximum Gasteiger partial charge on any atom is 0.260 e. The number of halogens is 1. The van der Waals surface area contributed by atoms with Gasteiger partial charge in [0.25, 0.3) is 5.91 Å². The first-order valence-electron chi connectivity index (χ1n) is 7.04. The third-order valence-electron chi connectivity index (χ3n) is 3.63. The topological polar surface area (TPSA) is 53.0 Å². The third-order valence-corrected chi connectivity index (χ3v) is 3.63. The number of carbonyl (C=O) groups is 1. The lowest BCUT2D eigenvalue weighted by molar-refractivity contribution is -0.134. The Morgan fingerprint density at radius 3 is 2.67 bits per heavy atom. The van der Waals surface area contributed by atoms with E-state index in [0.29, 0.717) is 24.4 Å². The predicted octanol–water partition coefficient (Wildman–Crippen LogP) is 1.03. The van der Waals surface area contributed by atoms with E-state index in [-0.39, 0.29) is 12.5 Å². The number of amides is 1. The minimum absolute atomic E-state index is 0.0935. The van der Waals surface area contributed by atoms with E-state index >= 15 is 0 Å². The van der Waals surface area contributed by atoms with Crippen molar-refractivity contribution in [2.45, 2.75) is 13.0 Å². The summed E-state index contributed by atoms with van der Waals surface area (Å²) in [5, 5.41) is 9.62. The van der Waals surface area contributed by atoms with Crippen LogP contribution in [0.5, 0.6) is 5.75 Å². The fourth-order valence-corrected chi connectivity index (χ4v) is 2.26. The van der Waals surface area contributed by atoms with Crippen LogP contribution in [-0.4, -0.2) is 60.6 Å². The Bertz CT molecular complexity index is 500. The van der Waals surface area contributed by atoms with Crippen molar-refractivity contribution in [1.29, 1.82) is 0 Å². The number of hydrogen-bond donors (Lipinski definition) is 1. The van der Waals surface area contributed by atoms with Crippen molar-refractivity contribution in [3.05, 3.63) is 29.6 Å². The lowest BCUT2D eigenvalue weighted by atomic mass is 10.1. The predicted molar refractivity (Wildman–Crippen MR) is 76.6 cm³/mol. The molecular formula is C15H21FN2O3. The first-order chi connectivity index (χ1) is 9.97. The molecule has 1 heterocycles. The first-order valence-corrected chi connectivity index (χ1v) is 7.04. The van der Waals surface area contributed by atoms with E-state index in [9.17, 15) is 14.3 Å². The van der Waals surface area contributed by atoms with E-state index in [1.54, 1.807) is 4.90 Å². The summed E-state index contributed by atoms with van der Waals surface area (Å²) in [5.41, 5.74) is 0.348. The van der Waals surface area contributed by atoms with E-state index in [1.165, 1.54) is 25.1 Å². The minimum Gasteiger partial charge on any atom is -0.483 e. The molecule has 1 aromatic carbocycles. The van der Waals surface area contributed by atoms with Crippen LogP contribution < -0.4 is 4.74 Å². The molecule has 1 aromatic rings. The van der Waals surface area contributed by atoms with Crippen molar-refractivity contribution < 1.29 is 19.0 Å². The van der Waals surface area contributed by atoms with Gasteiger partial charge in [0.2, 0.25) is 0 Å². The molecule has 1 aliphatic heterocycles. The van der Waals surface area contributed by atoms with Gasteiger partial charge in [-0.05, 0) is 32.2 Å². The largest absolute Gasteiger partial charge is 0.483 e. The van der Waals surface area contributed by atoms with Gasteiger partial charge in [-0.15, -0.1) is 0 Å². The molecule has 0 aliphatic carbocycles. The normalized spacial score (nSPS) is 17.6. The quantitative estimate of drug-likeness (QED) is 0.902. The van der Waals surface area contributed by atoms with Crippen LogP contribution in [0.3, 0.4) is 0 Å². The summed E-state index contributed by atoms with van der Waals surface area (Å²) in [6.45, 7) is 4.50. The third kappa shape index (κ3) is 4.15. The molecule has 1 aliphatic rings. The zero-order valence-corrected chi connectivity index (χ0v) is 12.4. The van der Waals surface area contributed by atoms with E-state index in [4.69, 9.17) is 4.74 Å². The van der Waals surface area contributed by atoms with E-state index in [1.807, 2.05) is 7.05 Å². The van der Waals surface area contributed by atoms with Gasteiger partial charge in [-0.25, -0.2) is 4.39 Å². The number of hydrogen-bond acceptors (Lipinski definition) is 4. The van der Waals surface area contributed by atoms with Gasteiger partial charge < -0.3 is 19.6 Å².